The number of allylic oxidation sites excluding steroid dienone is 3. The minimum atomic E-state index is -1.01. The molecule has 1 unspecified atom stereocenters. The van der Waals surface area contributed by atoms with Crippen molar-refractivity contribution in [1.82, 2.24) is 0 Å². The Bertz CT molecular complexity index is 1150. The van der Waals surface area contributed by atoms with E-state index < -0.39 is 17.9 Å². The molecule has 3 N–H and O–H groups in total. The third kappa shape index (κ3) is 4.32. The van der Waals surface area contributed by atoms with E-state index in [9.17, 15) is 19.5 Å². The Hall–Kier alpha value is -3.75. The van der Waals surface area contributed by atoms with Crippen LogP contribution in [0.3, 0.4) is 0 Å². The number of benzene rings is 2. The first-order chi connectivity index (χ1) is 15.5. The fraction of sp³-hybridized carbons (Fsp3) is 0.208. The van der Waals surface area contributed by atoms with Gasteiger partial charge in [0.1, 0.15) is 30.8 Å². The van der Waals surface area contributed by atoms with Gasteiger partial charge >= 0.3 is 5.97 Å². The first kappa shape index (κ1) is 21.5. The average Bonchev–Trinajstić information content (AvgIpc) is 2.80. The van der Waals surface area contributed by atoms with Gasteiger partial charge in [-0.15, -0.1) is 0 Å². The van der Waals surface area contributed by atoms with Gasteiger partial charge in [-0.3, -0.25) is 9.59 Å². The molecule has 2 aromatic rings. The summed E-state index contributed by atoms with van der Waals surface area (Å²) < 4.78 is 11.4. The summed E-state index contributed by atoms with van der Waals surface area (Å²) in [5, 5.41) is 10.3. The number of carbonyl (C=O) groups excluding carboxylic acids is 3. The second kappa shape index (κ2) is 9.17. The van der Waals surface area contributed by atoms with Crippen molar-refractivity contribution in [1.29, 1.82) is 0 Å². The van der Waals surface area contributed by atoms with Crippen LogP contribution >= 0.6 is 0 Å². The van der Waals surface area contributed by atoms with Crippen LogP contribution in [0.2, 0.25) is 0 Å². The van der Waals surface area contributed by atoms with Gasteiger partial charge in [0.25, 0.3) is 0 Å². The van der Waals surface area contributed by atoms with Crippen molar-refractivity contribution in [3.05, 3.63) is 82.5 Å². The van der Waals surface area contributed by atoms with Gasteiger partial charge in [0.2, 0.25) is 0 Å². The molecular weight excluding hydrogens is 414 g/mol. The molecule has 0 heterocycles. The predicted molar refractivity (Wildman–Crippen MR) is 113 cm³/mol. The average molecular weight is 435 g/mol. The van der Waals surface area contributed by atoms with Gasteiger partial charge < -0.3 is 19.4 Å². The number of hydrogen-bond acceptors (Lipinski definition) is 8. The smallest absolute Gasteiger partial charge is 0.352 e. The molecule has 0 aliphatic heterocycles. The maximum Gasteiger partial charge on any atom is 0.352 e. The lowest BCUT2D eigenvalue weighted by molar-refractivity contribution is -0.139. The molecule has 1 atom stereocenters. The molecule has 2 aliphatic carbocycles. The standard InChI is InChI=1S/C24H21NO7/c25-32-24(29)16-10-15-6-3-9-21(23(15)19(28)11-16)31-13-17(26)12-30-20-8-2-5-14-4-1-7-18(27)22(14)20/h1-3,5-9,11,17,26H,4,10,12-13,25H2. The van der Waals surface area contributed by atoms with Crippen molar-refractivity contribution in [3.8, 4) is 11.5 Å². The van der Waals surface area contributed by atoms with Crippen molar-refractivity contribution >= 4 is 17.5 Å². The van der Waals surface area contributed by atoms with Crippen molar-refractivity contribution in [2.45, 2.75) is 18.9 Å². The summed E-state index contributed by atoms with van der Waals surface area (Å²) in [7, 11) is 0. The van der Waals surface area contributed by atoms with Gasteiger partial charge in [-0.1, -0.05) is 30.3 Å². The molecule has 8 heteroatoms. The number of hydrogen-bond donors (Lipinski definition) is 2. The van der Waals surface area contributed by atoms with Gasteiger partial charge in [-0.05, 0) is 41.8 Å². The van der Waals surface area contributed by atoms with Crippen LogP contribution in [0, 0.1) is 0 Å². The Labute approximate surface area is 183 Å². The summed E-state index contributed by atoms with van der Waals surface area (Å²) in [5.41, 5.74) is 2.46. The molecule has 2 aliphatic rings. The van der Waals surface area contributed by atoms with E-state index in [4.69, 9.17) is 15.4 Å². The molecule has 0 spiro atoms. The summed E-state index contributed by atoms with van der Waals surface area (Å²) in [6, 6.07) is 10.4. The summed E-state index contributed by atoms with van der Waals surface area (Å²) in [5.74, 6) is 4.31. The quantitative estimate of drug-likeness (QED) is 0.632. The fourth-order valence-corrected chi connectivity index (χ4v) is 3.76. The highest BCUT2D eigenvalue weighted by Gasteiger charge is 2.26. The normalized spacial score (nSPS) is 15.4. The lowest BCUT2D eigenvalue weighted by Gasteiger charge is -2.20. The summed E-state index contributed by atoms with van der Waals surface area (Å²) in [4.78, 5) is 40.6. The topological polar surface area (TPSA) is 125 Å². The Balaban J connectivity index is 1.40. The monoisotopic (exact) mass is 435 g/mol. The Morgan fingerprint density at radius 1 is 0.969 bits per heavy atom. The Kier molecular flexibility index (Phi) is 6.16. The van der Waals surface area contributed by atoms with E-state index in [0.29, 0.717) is 34.6 Å². The van der Waals surface area contributed by atoms with Crippen molar-refractivity contribution in [2.75, 3.05) is 13.2 Å². The van der Waals surface area contributed by atoms with Gasteiger partial charge in [0.05, 0.1) is 11.1 Å². The molecule has 0 saturated heterocycles. The molecule has 0 saturated carbocycles. The third-order valence-electron chi connectivity index (χ3n) is 5.24. The maximum absolute atomic E-state index is 12.5. The van der Waals surface area contributed by atoms with Crippen LogP contribution in [0.15, 0.2) is 60.2 Å². The highest BCUT2D eigenvalue weighted by molar-refractivity contribution is 6.13. The number of aliphatic hydroxyl groups excluding tert-OH is 1. The Morgan fingerprint density at radius 2 is 1.59 bits per heavy atom. The molecule has 0 radical (unpaired) electrons. The van der Waals surface area contributed by atoms with Gasteiger partial charge in [0, 0.05) is 12.0 Å². The zero-order valence-electron chi connectivity index (χ0n) is 17.1. The van der Waals surface area contributed by atoms with E-state index in [2.05, 4.69) is 4.84 Å². The van der Waals surface area contributed by atoms with Gasteiger partial charge in [-0.2, -0.15) is 5.90 Å². The number of rotatable bonds is 7. The van der Waals surface area contributed by atoms with Gasteiger partial charge in [0.15, 0.2) is 11.6 Å². The fourth-order valence-electron chi connectivity index (χ4n) is 3.76. The number of fused-ring (bicyclic) bond motifs is 2. The lowest BCUT2D eigenvalue weighted by Crippen LogP contribution is -2.26. The zero-order valence-corrected chi connectivity index (χ0v) is 17.1. The molecule has 8 nitrogen and oxygen atoms in total. The number of carbonyl (C=O) groups is 3. The van der Waals surface area contributed by atoms with Crippen LogP contribution < -0.4 is 15.4 Å². The van der Waals surface area contributed by atoms with E-state index in [1.807, 2.05) is 6.07 Å². The molecule has 164 valence electrons. The van der Waals surface area contributed by atoms with Crippen molar-refractivity contribution in [2.24, 2.45) is 5.90 Å². The Morgan fingerprint density at radius 3 is 2.25 bits per heavy atom. The largest absolute Gasteiger partial charge is 0.490 e. The minimum absolute atomic E-state index is 0.0944. The molecule has 0 amide bonds. The first-order valence-corrected chi connectivity index (χ1v) is 10.0. The number of nitrogens with two attached hydrogens (primary N) is 1. The van der Waals surface area contributed by atoms with E-state index in [1.165, 1.54) is 12.2 Å². The highest BCUT2D eigenvalue weighted by Crippen LogP contribution is 2.30. The van der Waals surface area contributed by atoms with Crippen molar-refractivity contribution in [3.63, 3.8) is 0 Å². The second-order valence-corrected chi connectivity index (χ2v) is 7.44. The highest BCUT2D eigenvalue weighted by atomic mass is 16.7. The van der Waals surface area contributed by atoms with E-state index in [-0.39, 0.29) is 31.0 Å². The summed E-state index contributed by atoms with van der Waals surface area (Å²) >= 11 is 0. The summed E-state index contributed by atoms with van der Waals surface area (Å²) in [6.45, 7) is -0.225. The number of ketones is 2. The minimum Gasteiger partial charge on any atom is -0.490 e. The molecule has 4 rings (SSSR count). The van der Waals surface area contributed by atoms with Crippen LogP contribution in [-0.2, 0) is 22.5 Å². The molecule has 0 fully saturated rings. The predicted octanol–water partition coefficient (Wildman–Crippen LogP) is 1.88. The van der Waals surface area contributed by atoms with E-state index >= 15 is 0 Å². The summed E-state index contributed by atoms with van der Waals surface area (Å²) in [6.07, 6.45) is 4.31. The van der Waals surface area contributed by atoms with Crippen LogP contribution in [0.5, 0.6) is 11.5 Å². The maximum atomic E-state index is 12.5. The van der Waals surface area contributed by atoms with Crippen LogP contribution in [0.25, 0.3) is 0 Å². The van der Waals surface area contributed by atoms with E-state index in [0.717, 1.165) is 5.56 Å². The lowest BCUT2D eigenvalue weighted by atomic mass is 9.90. The molecular formula is C24H21NO7. The van der Waals surface area contributed by atoms with Crippen LogP contribution in [0.1, 0.15) is 31.8 Å². The van der Waals surface area contributed by atoms with Crippen LogP contribution in [-0.4, -0.2) is 42.0 Å². The third-order valence-corrected chi connectivity index (χ3v) is 5.24. The second-order valence-electron chi connectivity index (χ2n) is 7.44. The number of aliphatic hydroxyl groups is 1. The molecule has 2 aromatic carbocycles. The zero-order chi connectivity index (χ0) is 22.7. The first-order valence-electron chi connectivity index (χ1n) is 10.0. The SMILES string of the molecule is NOC(=O)C1=CC(=O)c2c(cccc2OCC(O)COc2cccc3c2C(=O)C=CC3)C1. The molecule has 0 aromatic heterocycles. The van der Waals surface area contributed by atoms with E-state index in [1.54, 1.807) is 36.4 Å². The number of ether oxygens (including phenoxy) is 2. The van der Waals surface area contributed by atoms with Gasteiger partial charge in [-0.25, -0.2) is 4.79 Å². The van der Waals surface area contributed by atoms with Crippen LogP contribution in [0.4, 0.5) is 0 Å². The van der Waals surface area contributed by atoms with Crippen molar-refractivity contribution < 1.29 is 33.8 Å². The molecule has 0 bridgehead atoms. The molecule has 32 heavy (non-hydrogen) atoms.